The van der Waals surface area contributed by atoms with Crippen LogP contribution in [-0.4, -0.2) is 13.2 Å². The molecule has 104 valence electrons. The fraction of sp³-hybridized carbons (Fsp3) is 0.294. The minimum atomic E-state index is -0.224. The first-order valence-corrected chi connectivity index (χ1v) is 6.88. The number of ether oxygens (including phenoxy) is 1. The maximum Gasteiger partial charge on any atom is 0.123 e. The van der Waals surface area contributed by atoms with Crippen molar-refractivity contribution in [2.45, 2.75) is 24.9 Å². The van der Waals surface area contributed by atoms with E-state index in [-0.39, 0.29) is 5.82 Å². The Hall–Kier alpha value is -1.87. The van der Waals surface area contributed by atoms with Crippen LogP contribution in [0.1, 0.15) is 23.5 Å². The lowest BCUT2D eigenvalue weighted by Crippen LogP contribution is -2.17. The lowest BCUT2D eigenvalue weighted by molar-refractivity contribution is 0.406. The predicted molar refractivity (Wildman–Crippen MR) is 77.4 cm³/mol. The van der Waals surface area contributed by atoms with Gasteiger partial charge >= 0.3 is 0 Å². The van der Waals surface area contributed by atoms with Gasteiger partial charge in [0.2, 0.25) is 0 Å². The molecule has 3 heteroatoms. The van der Waals surface area contributed by atoms with Crippen LogP contribution in [0, 0.1) is 5.82 Å². The molecule has 2 nitrogen and oxygen atoms in total. The van der Waals surface area contributed by atoms with Crippen molar-refractivity contribution in [3.05, 3.63) is 65.5 Å². The Morgan fingerprint density at radius 2 is 2.00 bits per heavy atom. The lowest BCUT2D eigenvalue weighted by atomic mass is 10.1. The van der Waals surface area contributed by atoms with Crippen molar-refractivity contribution in [3.8, 4) is 5.75 Å². The van der Waals surface area contributed by atoms with Gasteiger partial charge < -0.3 is 10.1 Å². The number of rotatable bonds is 5. The highest BCUT2D eigenvalue weighted by molar-refractivity contribution is 5.34. The second kappa shape index (κ2) is 5.63. The lowest BCUT2D eigenvalue weighted by Gasteiger charge is -2.09. The molecule has 1 saturated carbocycles. The number of nitrogens with one attached hydrogen (secondary N) is 1. The van der Waals surface area contributed by atoms with Gasteiger partial charge in [0.25, 0.3) is 0 Å². The first kappa shape index (κ1) is 13.1. The molecule has 1 N–H and O–H groups in total. The summed E-state index contributed by atoms with van der Waals surface area (Å²) in [5, 5.41) is 3.48. The molecule has 20 heavy (non-hydrogen) atoms. The van der Waals surface area contributed by atoms with Crippen LogP contribution in [0.25, 0.3) is 0 Å². The molecule has 0 spiro atoms. The molecular formula is C17H18FNO. The van der Waals surface area contributed by atoms with Crippen LogP contribution in [-0.2, 0) is 6.54 Å². The molecule has 1 aliphatic carbocycles. The quantitative estimate of drug-likeness (QED) is 0.899. The number of halogens is 1. The van der Waals surface area contributed by atoms with Crippen molar-refractivity contribution in [3.63, 3.8) is 0 Å². The summed E-state index contributed by atoms with van der Waals surface area (Å²) in [4.78, 5) is 0. The molecule has 0 saturated heterocycles. The molecule has 0 unspecified atom stereocenters. The highest BCUT2D eigenvalue weighted by atomic mass is 19.1. The minimum Gasteiger partial charge on any atom is -0.496 e. The molecule has 1 fully saturated rings. The summed E-state index contributed by atoms with van der Waals surface area (Å²) < 4.78 is 18.5. The van der Waals surface area contributed by atoms with Gasteiger partial charge in [-0.2, -0.15) is 0 Å². The Labute approximate surface area is 118 Å². The SMILES string of the molecule is COc1ccc(F)cc1CN[C@@H]1C[C@H]1c1ccccc1. The number of benzene rings is 2. The van der Waals surface area contributed by atoms with Crippen molar-refractivity contribution >= 4 is 0 Å². The Balaban J connectivity index is 1.60. The van der Waals surface area contributed by atoms with E-state index in [2.05, 4.69) is 29.6 Å². The van der Waals surface area contributed by atoms with Gasteiger partial charge in [-0.3, -0.25) is 0 Å². The zero-order valence-corrected chi connectivity index (χ0v) is 11.5. The maximum atomic E-state index is 13.3. The summed E-state index contributed by atoms with van der Waals surface area (Å²) >= 11 is 0. The van der Waals surface area contributed by atoms with Crippen molar-refractivity contribution in [1.82, 2.24) is 5.32 Å². The fourth-order valence-electron chi connectivity index (χ4n) is 2.62. The van der Waals surface area contributed by atoms with Crippen LogP contribution in [0.3, 0.4) is 0 Å². The van der Waals surface area contributed by atoms with E-state index >= 15 is 0 Å². The van der Waals surface area contributed by atoms with Crippen molar-refractivity contribution in [2.75, 3.05) is 7.11 Å². The van der Waals surface area contributed by atoms with E-state index in [0.717, 1.165) is 17.7 Å². The third kappa shape index (κ3) is 2.83. The first-order valence-electron chi connectivity index (χ1n) is 6.88. The molecule has 0 heterocycles. The summed E-state index contributed by atoms with van der Waals surface area (Å²) in [5.74, 6) is 1.09. The van der Waals surface area contributed by atoms with Gasteiger partial charge in [0, 0.05) is 24.1 Å². The van der Waals surface area contributed by atoms with Gasteiger partial charge in [-0.15, -0.1) is 0 Å². The molecule has 0 amide bonds. The molecule has 0 bridgehead atoms. The van der Waals surface area contributed by atoms with E-state index < -0.39 is 0 Å². The van der Waals surface area contributed by atoms with Crippen molar-refractivity contribution in [2.24, 2.45) is 0 Å². The average molecular weight is 271 g/mol. The van der Waals surface area contributed by atoms with Gasteiger partial charge in [0.1, 0.15) is 11.6 Å². The Morgan fingerprint density at radius 1 is 1.20 bits per heavy atom. The monoisotopic (exact) mass is 271 g/mol. The molecule has 2 atom stereocenters. The second-order valence-corrected chi connectivity index (χ2v) is 5.20. The van der Waals surface area contributed by atoms with Crippen LogP contribution in [0.2, 0.25) is 0 Å². The van der Waals surface area contributed by atoms with Gasteiger partial charge in [0.05, 0.1) is 7.11 Å². The van der Waals surface area contributed by atoms with E-state index in [1.54, 1.807) is 13.2 Å². The number of hydrogen-bond acceptors (Lipinski definition) is 2. The molecule has 2 aromatic rings. The van der Waals surface area contributed by atoms with Crippen molar-refractivity contribution in [1.29, 1.82) is 0 Å². The Bertz CT molecular complexity index is 585. The third-order valence-corrected chi connectivity index (χ3v) is 3.82. The van der Waals surface area contributed by atoms with E-state index in [1.807, 2.05) is 6.07 Å². The molecular weight excluding hydrogens is 253 g/mol. The summed E-state index contributed by atoms with van der Waals surface area (Å²) in [6, 6.07) is 15.6. The molecule has 2 aromatic carbocycles. The fourth-order valence-corrected chi connectivity index (χ4v) is 2.62. The summed E-state index contributed by atoms with van der Waals surface area (Å²) in [6.45, 7) is 0.634. The van der Waals surface area contributed by atoms with E-state index in [1.165, 1.54) is 17.7 Å². The van der Waals surface area contributed by atoms with Crippen LogP contribution in [0.5, 0.6) is 5.75 Å². The van der Waals surface area contributed by atoms with Gasteiger partial charge in [0.15, 0.2) is 0 Å². The van der Waals surface area contributed by atoms with Crippen LogP contribution in [0.4, 0.5) is 4.39 Å². The highest BCUT2D eigenvalue weighted by Crippen LogP contribution is 2.40. The Morgan fingerprint density at radius 3 is 2.75 bits per heavy atom. The molecule has 0 aromatic heterocycles. The second-order valence-electron chi connectivity index (χ2n) is 5.20. The van der Waals surface area contributed by atoms with Crippen LogP contribution in [0.15, 0.2) is 48.5 Å². The molecule has 1 aliphatic rings. The Kier molecular flexibility index (Phi) is 3.70. The van der Waals surface area contributed by atoms with E-state index in [0.29, 0.717) is 18.5 Å². The third-order valence-electron chi connectivity index (χ3n) is 3.82. The van der Waals surface area contributed by atoms with Gasteiger partial charge in [-0.05, 0) is 30.2 Å². The average Bonchev–Trinajstić information content (AvgIpc) is 3.26. The van der Waals surface area contributed by atoms with E-state index in [9.17, 15) is 4.39 Å². The minimum absolute atomic E-state index is 0.224. The highest BCUT2D eigenvalue weighted by Gasteiger charge is 2.37. The normalized spacial score (nSPS) is 20.7. The van der Waals surface area contributed by atoms with Crippen LogP contribution >= 0.6 is 0 Å². The zero-order valence-electron chi connectivity index (χ0n) is 11.5. The zero-order chi connectivity index (χ0) is 13.9. The summed E-state index contributed by atoms with van der Waals surface area (Å²) in [7, 11) is 1.61. The van der Waals surface area contributed by atoms with E-state index in [4.69, 9.17) is 4.74 Å². The molecule has 3 rings (SSSR count). The number of hydrogen-bond donors (Lipinski definition) is 1. The standard InChI is InChI=1S/C17H18FNO/c1-20-17-8-7-14(18)9-13(17)11-19-16-10-15(16)12-5-3-2-4-6-12/h2-9,15-16,19H,10-11H2,1H3/t15-,16+/m0/s1. The largest absolute Gasteiger partial charge is 0.496 e. The first-order chi connectivity index (χ1) is 9.78. The maximum absolute atomic E-state index is 13.3. The van der Waals surface area contributed by atoms with Crippen molar-refractivity contribution < 1.29 is 9.13 Å². The number of methoxy groups -OCH3 is 1. The van der Waals surface area contributed by atoms with Gasteiger partial charge in [-0.1, -0.05) is 30.3 Å². The van der Waals surface area contributed by atoms with Gasteiger partial charge in [-0.25, -0.2) is 4.39 Å². The van der Waals surface area contributed by atoms with Crippen LogP contribution < -0.4 is 10.1 Å². The predicted octanol–water partition coefficient (Wildman–Crippen LogP) is 3.48. The smallest absolute Gasteiger partial charge is 0.123 e. The molecule has 0 aliphatic heterocycles. The topological polar surface area (TPSA) is 21.3 Å². The summed E-state index contributed by atoms with van der Waals surface area (Å²) in [5.41, 5.74) is 2.24. The summed E-state index contributed by atoms with van der Waals surface area (Å²) in [6.07, 6.45) is 1.14. The molecule has 0 radical (unpaired) electrons.